The second-order valence-corrected chi connectivity index (χ2v) is 9.35. The van der Waals surface area contributed by atoms with Gasteiger partial charge in [0.15, 0.2) is 11.0 Å². The fourth-order valence-corrected chi connectivity index (χ4v) is 3.99. The summed E-state index contributed by atoms with van der Waals surface area (Å²) in [6, 6.07) is 0.549. The lowest BCUT2D eigenvalue weighted by molar-refractivity contribution is 0.364. The average Bonchev–Trinajstić information content (AvgIpc) is 3.01. The van der Waals surface area contributed by atoms with Gasteiger partial charge < -0.3 is 9.42 Å². The minimum absolute atomic E-state index is 0.0525. The molecular weight excluding hydrogens is 336 g/mol. The summed E-state index contributed by atoms with van der Waals surface area (Å²) in [6.07, 6.45) is 4.92. The largest absolute Gasteiger partial charge is 0.341 e. The zero-order valence-electron chi connectivity index (χ0n) is 15.4. The zero-order valence-corrected chi connectivity index (χ0v) is 16.2. The number of rotatable bonds is 5. The molecule has 1 saturated carbocycles. The Hall–Kier alpha value is -1.57. The van der Waals surface area contributed by atoms with Gasteiger partial charge in [-0.2, -0.15) is 4.98 Å². The predicted molar refractivity (Wildman–Crippen MR) is 97.0 cm³/mol. The molecule has 2 aliphatic rings. The molecule has 2 aromatic rings. The summed E-state index contributed by atoms with van der Waals surface area (Å²) in [7, 11) is 0. The van der Waals surface area contributed by atoms with Crippen LogP contribution in [0.3, 0.4) is 0 Å². The summed E-state index contributed by atoms with van der Waals surface area (Å²) in [5.74, 6) is 2.44. The van der Waals surface area contributed by atoms with E-state index in [1.807, 2.05) is 0 Å². The second kappa shape index (κ2) is 6.30. The van der Waals surface area contributed by atoms with E-state index in [1.54, 1.807) is 11.8 Å². The minimum atomic E-state index is -0.108. The maximum absolute atomic E-state index is 5.50. The fourth-order valence-electron chi connectivity index (χ4n) is 3.05. The van der Waals surface area contributed by atoms with Gasteiger partial charge in [0.1, 0.15) is 0 Å². The van der Waals surface area contributed by atoms with Crippen molar-refractivity contribution >= 4 is 17.7 Å². The van der Waals surface area contributed by atoms with Gasteiger partial charge in [-0.1, -0.05) is 37.7 Å². The van der Waals surface area contributed by atoms with Crippen molar-refractivity contribution in [1.29, 1.82) is 0 Å². The third-order valence-electron chi connectivity index (χ3n) is 4.69. The number of hydrogen-bond acceptors (Lipinski definition) is 7. The lowest BCUT2D eigenvalue weighted by Gasteiger charge is -2.18. The van der Waals surface area contributed by atoms with Gasteiger partial charge in [-0.25, -0.2) is 0 Å². The molecule has 0 spiro atoms. The van der Waals surface area contributed by atoms with Gasteiger partial charge in [0.25, 0.3) is 0 Å². The molecule has 0 aromatic carbocycles. The number of hydrogen-bond donors (Lipinski definition) is 0. The maximum Gasteiger partial charge on any atom is 0.239 e. The van der Waals surface area contributed by atoms with Crippen molar-refractivity contribution in [3.63, 3.8) is 0 Å². The van der Waals surface area contributed by atoms with Crippen LogP contribution >= 0.6 is 11.8 Å². The topological polar surface area (TPSA) is 72.9 Å². The van der Waals surface area contributed by atoms with E-state index < -0.39 is 0 Å². The van der Waals surface area contributed by atoms with Crippen molar-refractivity contribution in [2.45, 2.75) is 75.2 Å². The van der Waals surface area contributed by atoms with Gasteiger partial charge >= 0.3 is 0 Å². The SMILES string of the molecule is C[C@H](Sc1nnc(N2CCCC2)n1C1CC1)c1nc(C(C)(C)C)no1. The van der Waals surface area contributed by atoms with E-state index in [2.05, 4.69) is 57.5 Å². The van der Waals surface area contributed by atoms with Crippen LogP contribution in [0.15, 0.2) is 9.68 Å². The Labute approximate surface area is 152 Å². The molecule has 0 bridgehead atoms. The van der Waals surface area contributed by atoms with Crippen LogP contribution in [0.25, 0.3) is 0 Å². The normalized spacial score (nSPS) is 19.6. The van der Waals surface area contributed by atoms with Crippen LogP contribution in [-0.2, 0) is 5.41 Å². The average molecular weight is 363 g/mol. The maximum atomic E-state index is 5.50. The number of aromatic nitrogens is 5. The summed E-state index contributed by atoms with van der Waals surface area (Å²) in [5, 5.41) is 14.1. The number of anilines is 1. The van der Waals surface area contributed by atoms with E-state index in [-0.39, 0.29) is 10.7 Å². The van der Waals surface area contributed by atoms with Crippen molar-refractivity contribution in [2.24, 2.45) is 0 Å². The van der Waals surface area contributed by atoms with Crippen molar-refractivity contribution in [3.8, 4) is 0 Å². The molecule has 7 nitrogen and oxygen atoms in total. The first-order valence-corrected chi connectivity index (χ1v) is 10.0. The van der Waals surface area contributed by atoms with Gasteiger partial charge in [0, 0.05) is 24.5 Å². The Bertz CT molecular complexity index is 739. The van der Waals surface area contributed by atoms with E-state index in [0.717, 1.165) is 30.0 Å². The van der Waals surface area contributed by atoms with Crippen LogP contribution in [0.1, 0.15) is 76.4 Å². The number of thioether (sulfide) groups is 1. The van der Waals surface area contributed by atoms with E-state index in [1.165, 1.54) is 25.7 Å². The van der Waals surface area contributed by atoms with Crippen LogP contribution < -0.4 is 4.90 Å². The molecule has 136 valence electrons. The first kappa shape index (κ1) is 16.9. The number of nitrogens with zero attached hydrogens (tertiary/aromatic N) is 6. The monoisotopic (exact) mass is 362 g/mol. The zero-order chi connectivity index (χ0) is 17.6. The summed E-state index contributed by atoms with van der Waals surface area (Å²) >= 11 is 1.66. The Morgan fingerprint density at radius 1 is 1.16 bits per heavy atom. The Balaban J connectivity index is 1.55. The highest BCUT2D eigenvalue weighted by atomic mass is 32.2. The highest BCUT2D eigenvalue weighted by Gasteiger charge is 2.33. The summed E-state index contributed by atoms with van der Waals surface area (Å²) in [4.78, 5) is 6.95. The molecule has 3 heterocycles. The van der Waals surface area contributed by atoms with Gasteiger partial charge in [0.05, 0.1) is 5.25 Å². The van der Waals surface area contributed by atoms with Crippen LogP contribution in [0.4, 0.5) is 5.95 Å². The Kier molecular flexibility index (Phi) is 4.25. The molecule has 1 aliphatic heterocycles. The molecule has 1 saturated heterocycles. The van der Waals surface area contributed by atoms with Crippen LogP contribution in [-0.4, -0.2) is 38.0 Å². The molecule has 2 aromatic heterocycles. The molecule has 25 heavy (non-hydrogen) atoms. The summed E-state index contributed by atoms with van der Waals surface area (Å²) < 4.78 is 7.82. The molecule has 2 fully saturated rings. The van der Waals surface area contributed by atoms with Crippen molar-refractivity contribution in [2.75, 3.05) is 18.0 Å². The van der Waals surface area contributed by atoms with E-state index in [9.17, 15) is 0 Å². The molecule has 1 aliphatic carbocycles. The molecule has 0 unspecified atom stereocenters. The lowest BCUT2D eigenvalue weighted by atomic mass is 9.96. The standard InChI is InChI=1S/C17H26N6OS/c1-11(13-18-14(21-24-13)17(2,3)4)25-16-20-19-15(22-9-5-6-10-22)23(16)12-7-8-12/h11-12H,5-10H2,1-4H3/t11-/m0/s1. The van der Waals surface area contributed by atoms with Crippen LogP contribution in [0.5, 0.6) is 0 Å². The molecule has 0 radical (unpaired) electrons. The fraction of sp³-hybridized carbons (Fsp3) is 0.765. The van der Waals surface area contributed by atoms with E-state index >= 15 is 0 Å². The highest BCUT2D eigenvalue weighted by Crippen LogP contribution is 2.44. The first-order valence-electron chi connectivity index (χ1n) is 9.14. The third kappa shape index (κ3) is 3.41. The predicted octanol–water partition coefficient (Wildman–Crippen LogP) is 3.75. The molecule has 0 N–H and O–H groups in total. The van der Waals surface area contributed by atoms with Gasteiger partial charge in [0.2, 0.25) is 11.8 Å². The van der Waals surface area contributed by atoms with Crippen LogP contribution in [0.2, 0.25) is 0 Å². The Morgan fingerprint density at radius 2 is 1.88 bits per heavy atom. The van der Waals surface area contributed by atoms with Crippen molar-refractivity contribution in [3.05, 3.63) is 11.7 Å². The van der Waals surface area contributed by atoms with E-state index in [0.29, 0.717) is 11.9 Å². The van der Waals surface area contributed by atoms with Crippen molar-refractivity contribution < 1.29 is 4.52 Å². The van der Waals surface area contributed by atoms with Gasteiger partial charge in [-0.3, -0.25) is 4.57 Å². The van der Waals surface area contributed by atoms with E-state index in [4.69, 9.17) is 4.52 Å². The second-order valence-electron chi connectivity index (χ2n) is 8.04. The lowest BCUT2D eigenvalue weighted by Crippen LogP contribution is -2.22. The molecule has 8 heteroatoms. The quantitative estimate of drug-likeness (QED) is 0.750. The Morgan fingerprint density at radius 3 is 2.48 bits per heavy atom. The summed E-state index contributed by atoms with van der Waals surface area (Å²) in [6.45, 7) is 10.5. The highest BCUT2D eigenvalue weighted by molar-refractivity contribution is 7.99. The molecular formula is C17H26N6OS. The smallest absolute Gasteiger partial charge is 0.239 e. The van der Waals surface area contributed by atoms with Gasteiger partial charge in [-0.15, -0.1) is 10.2 Å². The third-order valence-corrected chi connectivity index (χ3v) is 5.73. The first-order chi connectivity index (χ1) is 11.9. The summed E-state index contributed by atoms with van der Waals surface area (Å²) in [5.41, 5.74) is -0.108. The van der Waals surface area contributed by atoms with Crippen molar-refractivity contribution in [1.82, 2.24) is 24.9 Å². The van der Waals surface area contributed by atoms with Crippen LogP contribution in [0, 0.1) is 0 Å². The van der Waals surface area contributed by atoms with Gasteiger partial charge in [-0.05, 0) is 32.6 Å². The molecule has 0 amide bonds. The minimum Gasteiger partial charge on any atom is -0.341 e. The molecule has 1 atom stereocenters. The molecule has 4 rings (SSSR count).